The van der Waals surface area contributed by atoms with E-state index >= 15 is 0 Å². The summed E-state index contributed by atoms with van der Waals surface area (Å²) in [4.78, 5) is 4.49. The van der Waals surface area contributed by atoms with Crippen LogP contribution in [-0.2, 0) is 0 Å². The minimum atomic E-state index is -0.0867. The van der Waals surface area contributed by atoms with E-state index in [1.54, 1.807) is 0 Å². The molecule has 4 rings (SSSR count). The molecule has 0 saturated heterocycles. The summed E-state index contributed by atoms with van der Waals surface area (Å²) in [5.74, 6) is 1.46. The van der Waals surface area contributed by atoms with Gasteiger partial charge in [-0.1, -0.05) is 60.1 Å². The van der Waals surface area contributed by atoms with Crippen molar-refractivity contribution in [3.05, 3.63) is 82.6 Å². The highest BCUT2D eigenvalue weighted by Gasteiger charge is 2.25. The maximum atomic E-state index is 6.41. The second kappa shape index (κ2) is 5.56. The fourth-order valence-corrected chi connectivity index (χ4v) is 3.07. The first kappa shape index (κ1) is 14.0. The third-order valence-electron chi connectivity index (χ3n) is 3.88. The van der Waals surface area contributed by atoms with Crippen LogP contribution in [0.25, 0.3) is 5.70 Å². The molecule has 0 fully saturated rings. The van der Waals surface area contributed by atoms with Gasteiger partial charge in [0.1, 0.15) is 11.9 Å². The first-order valence-electron chi connectivity index (χ1n) is 7.44. The number of aromatic nitrogens is 3. The van der Waals surface area contributed by atoms with Gasteiger partial charge in [0, 0.05) is 10.7 Å². The molecule has 0 spiro atoms. The molecule has 1 N–H and O–H groups in total. The van der Waals surface area contributed by atoms with Crippen molar-refractivity contribution in [1.29, 1.82) is 0 Å². The van der Waals surface area contributed by atoms with Crippen molar-refractivity contribution in [3.8, 4) is 0 Å². The fourth-order valence-electron chi connectivity index (χ4n) is 2.82. The molecule has 1 aliphatic rings. The number of nitrogens with one attached hydrogen (secondary N) is 1. The van der Waals surface area contributed by atoms with Gasteiger partial charge in [0.25, 0.3) is 0 Å². The minimum Gasteiger partial charge on any atom is -0.324 e. The van der Waals surface area contributed by atoms with Crippen LogP contribution in [-0.4, -0.2) is 14.8 Å². The summed E-state index contributed by atoms with van der Waals surface area (Å²) < 4.78 is 1.88. The lowest BCUT2D eigenvalue weighted by Gasteiger charge is -2.25. The van der Waals surface area contributed by atoms with E-state index in [0.29, 0.717) is 0 Å². The van der Waals surface area contributed by atoms with Gasteiger partial charge in [-0.2, -0.15) is 10.1 Å². The molecule has 2 aromatic carbocycles. The Morgan fingerprint density at radius 1 is 1.04 bits per heavy atom. The normalized spacial score (nSPS) is 16.4. The van der Waals surface area contributed by atoms with Gasteiger partial charge in [0.05, 0.1) is 0 Å². The standard InChI is InChI=1S/C18H15ClN4/c1-12-20-18-21-16(13-7-3-2-4-8-13)11-17(23(18)22-12)14-9-5-6-10-15(14)19/h2-11,17H,1H3,(H,20,21,22). The van der Waals surface area contributed by atoms with Gasteiger partial charge in [-0.25, -0.2) is 4.68 Å². The predicted octanol–water partition coefficient (Wildman–Crippen LogP) is 4.30. The molecule has 0 aliphatic carbocycles. The predicted molar refractivity (Wildman–Crippen MR) is 92.4 cm³/mol. The number of hydrogen-bond acceptors (Lipinski definition) is 3. The number of halogens is 1. The van der Waals surface area contributed by atoms with E-state index in [9.17, 15) is 0 Å². The van der Waals surface area contributed by atoms with Gasteiger partial charge < -0.3 is 5.32 Å². The fraction of sp³-hybridized carbons (Fsp3) is 0.111. The molecule has 0 amide bonds. The van der Waals surface area contributed by atoms with Gasteiger partial charge in [-0.15, -0.1) is 0 Å². The monoisotopic (exact) mass is 322 g/mol. The van der Waals surface area contributed by atoms with E-state index in [4.69, 9.17) is 11.6 Å². The molecule has 1 atom stereocenters. The van der Waals surface area contributed by atoms with E-state index in [-0.39, 0.29) is 6.04 Å². The summed E-state index contributed by atoms with van der Waals surface area (Å²) >= 11 is 6.41. The Hall–Kier alpha value is -2.59. The summed E-state index contributed by atoms with van der Waals surface area (Å²) in [6, 6.07) is 18.0. The molecule has 0 bridgehead atoms. The van der Waals surface area contributed by atoms with Crippen molar-refractivity contribution in [2.75, 3.05) is 5.32 Å². The topological polar surface area (TPSA) is 42.7 Å². The van der Waals surface area contributed by atoms with E-state index in [1.165, 1.54) is 0 Å². The number of benzene rings is 2. The molecule has 2 heterocycles. The van der Waals surface area contributed by atoms with Crippen LogP contribution in [0.3, 0.4) is 0 Å². The summed E-state index contributed by atoms with van der Waals surface area (Å²) in [6.07, 6.45) is 2.14. The van der Waals surface area contributed by atoms with Crippen LogP contribution >= 0.6 is 11.6 Å². The average Bonchev–Trinajstić information content (AvgIpc) is 2.95. The number of fused-ring (bicyclic) bond motifs is 1. The van der Waals surface area contributed by atoms with Crippen molar-refractivity contribution in [3.63, 3.8) is 0 Å². The molecule has 1 aliphatic heterocycles. The first-order chi connectivity index (χ1) is 11.2. The molecular weight excluding hydrogens is 308 g/mol. The maximum Gasteiger partial charge on any atom is 0.226 e. The Bertz CT molecular complexity index is 883. The van der Waals surface area contributed by atoms with Gasteiger partial charge in [-0.3, -0.25) is 0 Å². The number of nitrogens with zero attached hydrogens (tertiary/aromatic N) is 3. The van der Waals surface area contributed by atoms with Gasteiger partial charge in [-0.05, 0) is 30.2 Å². The summed E-state index contributed by atoms with van der Waals surface area (Å²) in [7, 11) is 0. The highest BCUT2D eigenvalue weighted by molar-refractivity contribution is 6.31. The molecule has 4 nitrogen and oxygen atoms in total. The molecule has 0 radical (unpaired) electrons. The summed E-state index contributed by atoms with van der Waals surface area (Å²) in [5.41, 5.74) is 3.13. The second-order valence-electron chi connectivity index (χ2n) is 5.46. The van der Waals surface area contributed by atoms with E-state index in [1.807, 2.05) is 54.1 Å². The van der Waals surface area contributed by atoms with E-state index in [2.05, 4.69) is 33.6 Å². The molecule has 0 saturated carbocycles. The summed E-state index contributed by atoms with van der Waals surface area (Å²) in [6.45, 7) is 1.89. The Morgan fingerprint density at radius 3 is 2.57 bits per heavy atom. The van der Waals surface area contributed by atoms with Crippen LogP contribution < -0.4 is 5.32 Å². The largest absolute Gasteiger partial charge is 0.324 e. The number of hydrogen-bond donors (Lipinski definition) is 1. The van der Waals surface area contributed by atoms with Crippen LogP contribution in [0, 0.1) is 6.92 Å². The number of rotatable bonds is 2. The maximum absolute atomic E-state index is 6.41. The van der Waals surface area contributed by atoms with Gasteiger partial charge in [0.15, 0.2) is 0 Å². The van der Waals surface area contributed by atoms with Gasteiger partial charge >= 0.3 is 0 Å². The van der Waals surface area contributed by atoms with E-state index in [0.717, 1.165) is 33.6 Å². The molecule has 3 aromatic rings. The molecule has 5 heteroatoms. The van der Waals surface area contributed by atoms with Crippen molar-refractivity contribution in [2.24, 2.45) is 0 Å². The average molecular weight is 323 g/mol. The zero-order chi connectivity index (χ0) is 15.8. The van der Waals surface area contributed by atoms with Crippen LogP contribution in [0.2, 0.25) is 5.02 Å². The number of anilines is 1. The van der Waals surface area contributed by atoms with E-state index < -0.39 is 0 Å². The quantitative estimate of drug-likeness (QED) is 0.765. The number of allylic oxidation sites excluding steroid dienone is 1. The van der Waals surface area contributed by atoms with Crippen molar-refractivity contribution in [1.82, 2.24) is 14.8 Å². The Balaban J connectivity index is 1.87. The van der Waals surface area contributed by atoms with Gasteiger partial charge in [0.2, 0.25) is 5.95 Å². The molecule has 1 aromatic heterocycles. The zero-order valence-corrected chi connectivity index (χ0v) is 13.3. The Kier molecular flexibility index (Phi) is 3.39. The van der Waals surface area contributed by atoms with Crippen LogP contribution in [0.1, 0.15) is 23.0 Å². The molecule has 1 unspecified atom stereocenters. The smallest absolute Gasteiger partial charge is 0.226 e. The minimum absolute atomic E-state index is 0.0867. The van der Waals surface area contributed by atoms with Crippen LogP contribution in [0.15, 0.2) is 60.7 Å². The van der Waals surface area contributed by atoms with Crippen molar-refractivity contribution in [2.45, 2.75) is 13.0 Å². The third kappa shape index (κ3) is 2.51. The van der Waals surface area contributed by atoms with Crippen molar-refractivity contribution >= 4 is 23.2 Å². The highest BCUT2D eigenvalue weighted by Crippen LogP contribution is 2.35. The lowest BCUT2D eigenvalue weighted by atomic mass is 10.0. The lowest BCUT2D eigenvalue weighted by molar-refractivity contribution is 0.607. The Labute approximate surface area is 139 Å². The van der Waals surface area contributed by atoms with Crippen LogP contribution in [0.4, 0.5) is 5.95 Å². The first-order valence-corrected chi connectivity index (χ1v) is 7.82. The zero-order valence-electron chi connectivity index (χ0n) is 12.6. The third-order valence-corrected chi connectivity index (χ3v) is 4.22. The van der Waals surface area contributed by atoms with Crippen LogP contribution in [0.5, 0.6) is 0 Å². The Morgan fingerprint density at radius 2 is 1.78 bits per heavy atom. The lowest BCUT2D eigenvalue weighted by Crippen LogP contribution is -2.20. The highest BCUT2D eigenvalue weighted by atomic mass is 35.5. The number of aryl methyl sites for hydroxylation is 1. The second-order valence-corrected chi connectivity index (χ2v) is 5.87. The molecule has 23 heavy (non-hydrogen) atoms. The SMILES string of the molecule is Cc1nc2n(n1)C(c1ccccc1Cl)C=C(c1ccccc1)N2. The summed E-state index contributed by atoms with van der Waals surface area (Å²) in [5, 5.41) is 8.60. The van der Waals surface area contributed by atoms with Crippen molar-refractivity contribution < 1.29 is 0 Å². The molecular formula is C18H15ClN4. The molecule has 114 valence electrons.